The topological polar surface area (TPSA) is 137 Å². The van der Waals surface area contributed by atoms with E-state index in [1.807, 2.05) is 0 Å². The molecule has 21 heavy (non-hydrogen) atoms. The molecule has 0 radical (unpaired) electrons. The molecule has 0 aliphatic carbocycles. The molecule has 1 aromatic heterocycles. The largest absolute Gasteiger partial charge is 0.391 e. The summed E-state index contributed by atoms with van der Waals surface area (Å²) in [4.78, 5) is 15.5. The first-order valence-corrected chi connectivity index (χ1v) is 6.40. The number of aliphatic hydroxyl groups is 2. The zero-order valence-electron chi connectivity index (χ0n) is 11.7. The molecule has 1 aliphatic rings. The molecule has 0 bridgehead atoms. The Labute approximate surface area is 121 Å². The van der Waals surface area contributed by atoms with Gasteiger partial charge in [0, 0.05) is 6.20 Å². The summed E-state index contributed by atoms with van der Waals surface area (Å²) in [5.41, 5.74) is 9.37. The molecule has 6 N–H and O–H groups in total. The fourth-order valence-corrected chi connectivity index (χ4v) is 2.38. The average molecular weight is 294 g/mol. The molecule has 0 amide bonds. The first-order chi connectivity index (χ1) is 9.81. The van der Waals surface area contributed by atoms with Gasteiger partial charge in [0.1, 0.15) is 18.0 Å². The molecule has 1 unspecified atom stereocenters. The Kier molecular flexibility index (Phi) is 4.02. The number of nitrogen functional groups attached to an aromatic ring is 1. The summed E-state index contributed by atoms with van der Waals surface area (Å²) in [6.07, 6.45) is -2.93. The van der Waals surface area contributed by atoms with Gasteiger partial charge in [-0.05, 0) is 19.9 Å². The fraction of sp³-hybridized carbons (Fsp3) is 0.538. The highest BCUT2D eigenvalue weighted by atomic mass is 16.5. The van der Waals surface area contributed by atoms with E-state index in [2.05, 4.69) is 16.8 Å². The molecule has 8 heteroatoms. The highest BCUT2D eigenvalue weighted by molar-refractivity contribution is 5.27. The van der Waals surface area contributed by atoms with Gasteiger partial charge >= 0.3 is 5.69 Å². The molecule has 1 fully saturated rings. The van der Waals surface area contributed by atoms with Crippen molar-refractivity contribution < 1.29 is 14.9 Å². The van der Waals surface area contributed by atoms with Crippen LogP contribution in [-0.4, -0.2) is 43.6 Å². The monoisotopic (exact) mass is 294 g/mol. The molecular weight excluding hydrogens is 276 g/mol. The van der Waals surface area contributed by atoms with Gasteiger partial charge in [-0.15, -0.1) is 5.92 Å². The predicted molar refractivity (Wildman–Crippen MR) is 74.9 cm³/mol. The lowest BCUT2D eigenvalue weighted by Crippen LogP contribution is -2.55. The Morgan fingerprint density at radius 1 is 1.62 bits per heavy atom. The molecule has 2 rings (SSSR count). The van der Waals surface area contributed by atoms with E-state index < -0.39 is 35.8 Å². The van der Waals surface area contributed by atoms with E-state index in [-0.39, 0.29) is 5.82 Å². The molecule has 0 spiro atoms. The van der Waals surface area contributed by atoms with Crippen molar-refractivity contribution in [1.82, 2.24) is 9.55 Å². The summed E-state index contributed by atoms with van der Waals surface area (Å²) in [7, 11) is 0. The van der Waals surface area contributed by atoms with E-state index in [0.29, 0.717) is 0 Å². The summed E-state index contributed by atoms with van der Waals surface area (Å²) in [5.74, 6) is 5.34. The number of nitrogens with zero attached hydrogens (tertiary/aromatic N) is 2. The molecule has 2 heterocycles. The number of hydrogen-bond acceptors (Lipinski definition) is 7. The lowest BCUT2D eigenvalue weighted by atomic mass is 9.90. The van der Waals surface area contributed by atoms with Crippen molar-refractivity contribution >= 4 is 5.82 Å². The third kappa shape index (κ3) is 2.52. The van der Waals surface area contributed by atoms with Crippen molar-refractivity contribution in [2.75, 3.05) is 5.73 Å². The third-order valence-corrected chi connectivity index (χ3v) is 3.42. The Bertz CT molecular complexity index is 648. The summed E-state index contributed by atoms with van der Waals surface area (Å²) < 4.78 is 6.67. The first-order valence-electron chi connectivity index (χ1n) is 6.40. The van der Waals surface area contributed by atoms with Crippen LogP contribution in [0.5, 0.6) is 0 Å². The number of hydrogen-bond donors (Lipinski definition) is 4. The standard InChI is InChI=1S/C13H18N4O4/c1-3-5-13(15)10(19)9(7(2)18)21-11(13)17-6-4-8(14)16-12(17)20/h4,6-7,9-11,18-19H,15H2,1-2H3,(H2,14,16,20)/t7-,9+,10?,11+,13+/m0/s1. The fourth-order valence-electron chi connectivity index (χ4n) is 2.38. The third-order valence-electron chi connectivity index (χ3n) is 3.42. The molecule has 1 aromatic rings. The Morgan fingerprint density at radius 3 is 2.81 bits per heavy atom. The number of aliphatic hydroxyl groups excluding tert-OH is 2. The molecule has 114 valence electrons. The number of anilines is 1. The van der Waals surface area contributed by atoms with Crippen LogP contribution in [-0.2, 0) is 4.74 Å². The second-order valence-electron chi connectivity index (χ2n) is 4.99. The lowest BCUT2D eigenvalue weighted by Gasteiger charge is -2.27. The van der Waals surface area contributed by atoms with Crippen LogP contribution in [0.15, 0.2) is 17.1 Å². The molecule has 0 aromatic carbocycles. The van der Waals surface area contributed by atoms with Gasteiger partial charge in [0.15, 0.2) is 11.8 Å². The van der Waals surface area contributed by atoms with Crippen LogP contribution in [0.4, 0.5) is 5.82 Å². The summed E-state index contributed by atoms with van der Waals surface area (Å²) in [6, 6.07) is 1.41. The van der Waals surface area contributed by atoms with Crippen LogP contribution < -0.4 is 17.2 Å². The normalized spacial score (nSPS) is 33.3. The molecular formula is C13H18N4O4. The van der Waals surface area contributed by atoms with E-state index >= 15 is 0 Å². The quantitative estimate of drug-likeness (QED) is 0.472. The zero-order chi connectivity index (χ0) is 15.8. The Balaban J connectivity index is 2.54. The summed E-state index contributed by atoms with van der Waals surface area (Å²) in [5, 5.41) is 20.0. The predicted octanol–water partition coefficient (Wildman–Crippen LogP) is -1.81. The van der Waals surface area contributed by atoms with Gasteiger partial charge in [0.2, 0.25) is 0 Å². The van der Waals surface area contributed by atoms with Gasteiger partial charge < -0.3 is 26.4 Å². The van der Waals surface area contributed by atoms with Crippen LogP contribution in [0.2, 0.25) is 0 Å². The van der Waals surface area contributed by atoms with Gasteiger partial charge in [-0.1, -0.05) is 5.92 Å². The second-order valence-corrected chi connectivity index (χ2v) is 4.99. The number of ether oxygens (including phenoxy) is 1. The molecule has 1 saturated heterocycles. The van der Waals surface area contributed by atoms with Crippen LogP contribution >= 0.6 is 0 Å². The van der Waals surface area contributed by atoms with Gasteiger partial charge in [-0.25, -0.2) is 4.79 Å². The lowest BCUT2D eigenvalue weighted by molar-refractivity contribution is -0.0778. The van der Waals surface area contributed by atoms with Gasteiger partial charge in [-0.2, -0.15) is 4.98 Å². The van der Waals surface area contributed by atoms with Crippen LogP contribution in [0.3, 0.4) is 0 Å². The minimum atomic E-state index is -1.54. The summed E-state index contributed by atoms with van der Waals surface area (Å²) in [6.45, 7) is 3.01. The van der Waals surface area contributed by atoms with E-state index in [1.165, 1.54) is 19.2 Å². The van der Waals surface area contributed by atoms with Crippen molar-refractivity contribution in [3.8, 4) is 11.8 Å². The van der Waals surface area contributed by atoms with Crippen LogP contribution in [0.25, 0.3) is 0 Å². The highest BCUT2D eigenvalue weighted by Crippen LogP contribution is 2.36. The van der Waals surface area contributed by atoms with Gasteiger partial charge in [0.25, 0.3) is 0 Å². The molecule has 1 aliphatic heterocycles. The van der Waals surface area contributed by atoms with Crippen LogP contribution in [0, 0.1) is 11.8 Å². The number of nitrogens with two attached hydrogens (primary N) is 2. The van der Waals surface area contributed by atoms with E-state index in [9.17, 15) is 15.0 Å². The maximum Gasteiger partial charge on any atom is 0.351 e. The molecule has 8 nitrogen and oxygen atoms in total. The average Bonchev–Trinajstić information content (AvgIpc) is 2.64. The van der Waals surface area contributed by atoms with E-state index in [1.54, 1.807) is 6.92 Å². The second kappa shape index (κ2) is 5.46. The van der Waals surface area contributed by atoms with Gasteiger partial charge in [0.05, 0.1) is 6.10 Å². The maximum absolute atomic E-state index is 11.9. The van der Waals surface area contributed by atoms with Crippen LogP contribution in [0.1, 0.15) is 20.1 Å². The Morgan fingerprint density at radius 2 is 2.29 bits per heavy atom. The highest BCUT2D eigenvalue weighted by Gasteiger charge is 2.55. The molecule has 0 saturated carbocycles. The minimum Gasteiger partial charge on any atom is -0.391 e. The number of aromatic nitrogens is 2. The minimum absolute atomic E-state index is 0.0612. The van der Waals surface area contributed by atoms with Crippen molar-refractivity contribution in [2.45, 2.75) is 43.9 Å². The van der Waals surface area contributed by atoms with Crippen molar-refractivity contribution in [1.29, 1.82) is 0 Å². The van der Waals surface area contributed by atoms with Crippen molar-refractivity contribution in [3.63, 3.8) is 0 Å². The zero-order valence-corrected chi connectivity index (χ0v) is 11.7. The van der Waals surface area contributed by atoms with Crippen molar-refractivity contribution in [3.05, 3.63) is 22.7 Å². The first kappa shape index (κ1) is 15.5. The van der Waals surface area contributed by atoms with E-state index in [0.717, 1.165) is 4.57 Å². The maximum atomic E-state index is 11.9. The molecule has 5 atom stereocenters. The van der Waals surface area contributed by atoms with E-state index in [4.69, 9.17) is 16.2 Å². The summed E-state index contributed by atoms with van der Waals surface area (Å²) >= 11 is 0. The van der Waals surface area contributed by atoms with Crippen molar-refractivity contribution in [2.24, 2.45) is 5.73 Å². The smallest absolute Gasteiger partial charge is 0.351 e. The van der Waals surface area contributed by atoms with Gasteiger partial charge in [-0.3, -0.25) is 4.57 Å². The Hall–Kier alpha value is -1.92. The SMILES string of the molecule is CC#C[C@@]1(N)C(O)[C@@H]([C@H](C)O)O[C@H]1n1ccc(N)nc1=O. The number of rotatable bonds is 2.